The van der Waals surface area contributed by atoms with Crippen LogP contribution in [0.5, 0.6) is 0 Å². The molecule has 1 saturated heterocycles. The van der Waals surface area contributed by atoms with Crippen LogP contribution in [0.2, 0.25) is 0 Å². The van der Waals surface area contributed by atoms with Gasteiger partial charge in [-0.3, -0.25) is 14.5 Å². The van der Waals surface area contributed by atoms with Crippen LogP contribution in [0, 0.1) is 11.3 Å². The second kappa shape index (κ2) is 9.98. The number of carbonyl (C=O) groups is 2. The summed E-state index contributed by atoms with van der Waals surface area (Å²) in [6, 6.07) is 9.36. The highest BCUT2D eigenvalue weighted by atomic mass is 16.5. The number of amides is 1. The van der Waals surface area contributed by atoms with E-state index in [4.69, 9.17) is 9.72 Å². The molecule has 1 aliphatic rings. The molecule has 3 rings (SSSR count). The van der Waals surface area contributed by atoms with E-state index in [1.54, 1.807) is 6.07 Å². The van der Waals surface area contributed by atoms with E-state index in [0.29, 0.717) is 61.8 Å². The summed E-state index contributed by atoms with van der Waals surface area (Å²) in [4.78, 5) is 37.6. The largest absolute Gasteiger partial charge is 0.468 e. The van der Waals surface area contributed by atoms with E-state index in [2.05, 4.69) is 15.2 Å². The van der Waals surface area contributed by atoms with Crippen LogP contribution in [0.1, 0.15) is 25.0 Å². The number of benzene rings is 1. The minimum Gasteiger partial charge on any atom is -0.468 e. The average Bonchev–Trinajstić information content (AvgIpc) is 2.78. The van der Waals surface area contributed by atoms with E-state index < -0.39 is 11.9 Å². The Kier molecular flexibility index (Phi) is 7.14. The first-order valence-corrected chi connectivity index (χ1v) is 10.1. The fourth-order valence-corrected chi connectivity index (χ4v) is 3.42. The van der Waals surface area contributed by atoms with Gasteiger partial charge in [-0.15, -0.1) is 0 Å². The van der Waals surface area contributed by atoms with Gasteiger partial charge in [-0.25, -0.2) is 9.97 Å². The number of hydrogen-bond donors (Lipinski definition) is 1. The molecule has 1 fully saturated rings. The number of ether oxygens (including phenoxy) is 1. The van der Waals surface area contributed by atoms with Crippen molar-refractivity contribution in [3.05, 3.63) is 30.0 Å². The summed E-state index contributed by atoms with van der Waals surface area (Å²) >= 11 is 0. The Bertz CT molecular complexity index is 949. The zero-order valence-electron chi connectivity index (χ0n) is 17.3. The number of rotatable bonds is 7. The highest BCUT2D eigenvalue weighted by Gasteiger charge is 2.31. The molecule has 1 aliphatic heterocycles. The maximum Gasteiger partial charge on any atom is 0.329 e. The van der Waals surface area contributed by atoms with E-state index in [1.165, 1.54) is 7.11 Å². The molecule has 9 nitrogen and oxygen atoms in total. The molecule has 30 heavy (non-hydrogen) atoms. The van der Waals surface area contributed by atoms with Gasteiger partial charge in [0.05, 0.1) is 30.8 Å². The van der Waals surface area contributed by atoms with Gasteiger partial charge in [-0.1, -0.05) is 19.1 Å². The van der Waals surface area contributed by atoms with Crippen LogP contribution in [0.4, 0.5) is 5.82 Å². The van der Waals surface area contributed by atoms with Crippen molar-refractivity contribution >= 4 is 28.7 Å². The molecular formula is C21H26N6O3. The van der Waals surface area contributed by atoms with Gasteiger partial charge in [0.25, 0.3) is 0 Å². The topological polar surface area (TPSA) is 111 Å². The van der Waals surface area contributed by atoms with Crippen molar-refractivity contribution in [2.75, 3.05) is 51.3 Å². The van der Waals surface area contributed by atoms with Crippen LogP contribution in [-0.4, -0.2) is 73.1 Å². The van der Waals surface area contributed by atoms with Gasteiger partial charge in [0.2, 0.25) is 5.91 Å². The van der Waals surface area contributed by atoms with Crippen LogP contribution in [-0.2, 0) is 14.3 Å². The van der Waals surface area contributed by atoms with Gasteiger partial charge in [0.15, 0.2) is 11.7 Å². The van der Waals surface area contributed by atoms with Crippen molar-refractivity contribution in [1.82, 2.24) is 20.2 Å². The Hall–Kier alpha value is -3.25. The van der Waals surface area contributed by atoms with Crippen LogP contribution in [0.25, 0.3) is 11.0 Å². The lowest BCUT2D eigenvalue weighted by Crippen LogP contribution is -2.50. The summed E-state index contributed by atoms with van der Waals surface area (Å²) in [6.45, 7) is 5.61. The van der Waals surface area contributed by atoms with Gasteiger partial charge in [0, 0.05) is 32.7 Å². The van der Waals surface area contributed by atoms with Crippen molar-refractivity contribution in [3.63, 3.8) is 0 Å². The number of nitrogens with one attached hydrogen (secondary N) is 1. The predicted octanol–water partition coefficient (Wildman–Crippen LogP) is 1.06. The third-order valence-corrected chi connectivity index (χ3v) is 5.03. The standard InChI is InChI=1S/C21H26N6O3/c1-3-8-23-18(28)14-26-9-11-27(12-10-26)20-19(15(13-22)21(29)30-2)24-16-6-4-5-7-17(16)25-20/h4-7,15H,3,8-12,14H2,1-2H3,(H,23,28). The van der Waals surface area contributed by atoms with E-state index in [9.17, 15) is 14.9 Å². The molecule has 1 amide bonds. The minimum absolute atomic E-state index is 0.0201. The number of anilines is 1. The first-order valence-electron chi connectivity index (χ1n) is 10.1. The summed E-state index contributed by atoms with van der Waals surface area (Å²) in [7, 11) is 1.25. The quantitative estimate of drug-likeness (QED) is 0.675. The lowest BCUT2D eigenvalue weighted by molar-refractivity contribution is -0.141. The highest BCUT2D eigenvalue weighted by molar-refractivity contribution is 5.85. The fraction of sp³-hybridized carbons (Fsp3) is 0.476. The molecule has 0 saturated carbocycles. The molecule has 0 radical (unpaired) electrons. The molecular weight excluding hydrogens is 384 g/mol. The monoisotopic (exact) mass is 410 g/mol. The molecule has 2 heterocycles. The molecule has 0 bridgehead atoms. The van der Waals surface area contributed by atoms with Crippen molar-refractivity contribution in [3.8, 4) is 6.07 Å². The third kappa shape index (κ3) is 4.83. The van der Waals surface area contributed by atoms with Crippen LogP contribution >= 0.6 is 0 Å². The van der Waals surface area contributed by atoms with Crippen LogP contribution in [0.15, 0.2) is 24.3 Å². The number of nitriles is 1. The smallest absolute Gasteiger partial charge is 0.329 e. The first kappa shape index (κ1) is 21.5. The molecule has 2 aromatic rings. The van der Waals surface area contributed by atoms with Crippen LogP contribution < -0.4 is 10.2 Å². The molecule has 1 aromatic carbocycles. The van der Waals surface area contributed by atoms with Gasteiger partial charge >= 0.3 is 5.97 Å². The number of esters is 1. The van der Waals surface area contributed by atoms with Gasteiger partial charge in [-0.2, -0.15) is 5.26 Å². The number of nitrogens with zero attached hydrogens (tertiary/aromatic N) is 5. The summed E-state index contributed by atoms with van der Waals surface area (Å²) in [5.74, 6) is -1.28. The summed E-state index contributed by atoms with van der Waals surface area (Å²) in [6.07, 6.45) is 0.906. The van der Waals surface area contributed by atoms with E-state index in [1.807, 2.05) is 36.1 Å². The van der Waals surface area contributed by atoms with Crippen molar-refractivity contribution in [2.24, 2.45) is 0 Å². The second-order valence-electron chi connectivity index (χ2n) is 7.12. The lowest BCUT2D eigenvalue weighted by Gasteiger charge is -2.35. The van der Waals surface area contributed by atoms with E-state index >= 15 is 0 Å². The Morgan fingerprint density at radius 2 is 1.87 bits per heavy atom. The molecule has 1 N–H and O–H groups in total. The number of methoxy groups -OCH3 is 1. The molecule has 1 aromatic heterocycles. The highest BCUT2D eigenvalue weighted by Crippen LogP contribution is 2.28. The normalized spacial score (nSPS) is 15.4. The van der Waals surface area contributed by atoms with Crippen molar-refractivity contribution in [1.29, 1.82) is 5.26 Å². The van der Waals surface area contributed by atoms with Crippen molar-refractivity contribution < 1.29 is 14.3 Å². The minimum atomic E-state index is -1.15. The zero-order chi connectivity index (χ0) is 21.5. The molecule has 9 heteroatoms. The number of aromatic nitrogens is 2. The molecule has 0 aliphatic carbocycles. The summed E-state index contributed by atoms with van der Waals surface area (Å²) in [5.41, 5.74) is 1.61. The third-order valence-electron chi connectivity index (χ3n) is 5.03. The molecule has 1 atom stereocenters. The Balaban J connectivity index is 1.83. The number of piperazine rings is 1. The second-order valence-corrected chi connectivity index (χ2v) is 7.12. The van der Waals surface area contributed by atoms with Crippen molar-refractivity contribution in [2.45, 2.75) is 19.3 Å². The molecule has 0 spiro atoms. The first-order chi connectivity index (χ1) is 14.6. The van der Waals surface area contributed by atoms with Gasteiger partial charge in [-0.05, 0) is 18.6 Å². The zero-order valence-corrected chi connectivity index (χ0v) is 17.3. The Labute approximate surface area is 175 Å². The fourth-order valence-electron chi connectivity index (χ4n) is 3.42. The summed E-state index contributed by atoms with van der Waals surface area (Å²) in [5, 5.41) is 12.5. The Morgan fingerprint density at radius 1 is 1.20 bits per heavy atom. The summed E-state index contributed by atoms with van der Waals surface area (Å²) < 4.78 is 4.80. The maximum absolute atomic E-state index is 12.2. The number of hydrogen-bond acceptors (Lipinski definition) is 8. The van der Waals surface area contributed by atoms with E-state index in [-0.39, 0.29) is 5.91 Å². The SMILES string of the molecule is CCCNC(=O)CN1CCN(c2nc3ccccc3nc2C(C#N)C(=O)OC)CC1. The number of para-hydroxylation sites is 2. The van der Waals surface area contributed by atoms with Crippen LogP contribution in [0.3, 0.4) is 0 Å². The lowest BCUT2D eigenvalue weighted by atomic mass is 10.1. The Morgan fingerprint density at radius 3 is 2.47 bits per heavy atom. The predicted molar refractivity (Wildman–Crippen MR) is 112 cm³/mol. The van der Waals surface area contributed by atoms with E-state index in [0.717, 1.165) is 6.42 Å². The van der Waals surface area contributed by atoms with Gasteiger partial charge in [0.1, 0.15) is 5.69 Å². The maximum atomic E-state index is 12.2. The average molecular weight is 410 g/mol. The number of fused-ring (bicyclic) bond motifs is 1. The number of carbonyl (C=O) groups excluding carboxylic acids is 2. The van der Waals surface area contributed by atoms with Gasteiger partial charge < -0.3 is 15.0 Å². The molecule has 158 valence electrons. The molecule has 1 unspecified atom stereocenters.